The van der Waals surface area contributed by atoms with Crippen LogP contribution in [-0.2, 0) is 17.8 Å². The first kappa shape index (κ1) is 22.5. The number of hydrogen-bond donors (Lipinski definition) is 1. The lowest BCUT2D eigenvalue weighted by molar-refractivity contribution is -0.120. The Morgan fingerprint density at radius 1 is 1.00 bits per heavy atom. The molecule has 0 atom stereocenters. The van der Waals surface area contributed by atoms with Gasteiger partial charge in [0.05, 0.1) is 19.7 Å². The van der Waals surface area contributed by atoms with Gasteiger partial charge in [0, 0.05) is 5.02 Å². The van der Waals surface area contributed by atoms with Crippen LogP contribution in [0.15, 0.2) is 65.8 Å². The molecule has 0 aliphatic carbocycles. The Morgan fingerprint density at radius 3 is 2.55 bits per heavy atom. The number of methoxy groups -OCH3 is 1. The molecule has 1 heterocycles. The van der Waals surface area contributed by atoms with Gasteiger partial charge in [-0.05, 0) is 59.2 Å². The van der Waals surface area contributed by atoms with E-state index in [1.54, 1.807) is 25.5 Å². The highest BCUT2D eigenvalue weighted by Gasteiger charge is 2.13. The van der Waals surface area contributed by atoms with Crippen molar-refractivity contribution in [1.82, 2.24) is 5.43 Å². The van der Waals surface area contributed by atoms with Crippen molar-refractivity contribution in [3.05, 3.63) is 82.4 Å². The highest BCUT2D eigenvalue weighted by Crippen LogP contribution is 2.31. The van der Waals surface area contributed by atoms with E-state index in [0.717, 1.165) is 16.7 Å². The fraction of sp³-hybridized carbons (Fsp3) is 0.200. The van der Waals surface area contributed by atoms with Crippen LogP contribution < -0.4 is 24.4 Å². The van der Waals surface area contributed by atoms with Gasteiger partial charge in [0.1, 0.15) is 19.8 Å². The monoisotopic (exact) mass is 466 g/mol. The van der Waals surface area contributed by atoms with Crippen LogP contribution in [-0.4, -0.2) is 32.4 Å². The van der Waals surface area contributed by atoms with Crippen LogP contribution in [0.3, 0.4) is 0 Å². The number of carbonyl (C=O) groups is 1. The maximum atomic E-state index is 12.2. The van der Waals surface area contributed by atoms with E-state index in [9.17, 15) is 4.79 Å². The summed E-state index contributed by atoms with van der Waals surface area (Å²) in [5.41, 5.74) is 5.10. The van der Waals surface area contributed by atoms with Gasteiger partial charge in [0.2, 0.25) is 5.91 Å². The molecule has 33 heavy (non-hydrogen) atoms. The molecule has 170 valence electrons. The highest BCUT2D eigenvalue weighted by molar-refractivity contribution is 6.30. The summed E-state index contributed by atoms with van der Waals surface area (Å²) in [5.74, 6) is 2.28. The third-order valence-corrected chi connectivity index (χ3v) is 5.12. The van der Waals surface area contributed by atoms with Crippen LogP contribution in [0.25, 0.3) is 0 Å². The Morgan fingerprint density at radius 2 is 1.76 bits per heavy atom. The van der Waals surface area contributed by atoms with Gasteiger partial charge in [-0.2, -0.15) is 5.10 Å². The molecule has 0 fully saturated rings. The molecule has 7 nitrogen and oxygen atoms in total. The minimum absolute atomic E-state index is 0.175. The smallest absolute Gasteiger partial charge is 0.244 e. The lowest BCUT2D eigenvalue weighted by atomic mass is 10.1. The molecule has 3 aromatic rings. The number of nitrogens with one attached hydrogen (secondary N) is 1. The standard InChI is InChI=1S/C25H23ClN2O5/c1-30-23-13-19(5-9-21(23)33-16-17-2-6-20(26)7-3-17)15-27-28-25(29)14-18-4-8-22-24(12-18)32-11-10-31-22/h2-9,12-13,15H,10-11,14,16H2,1H3,(H,28,29)/b27-15+. The third-order valence-electron chi connectivity index (χ3n) is 4.87. The average molecular weight is 467 g/mol. The van der Waals surface area contributed by atoms with Crippen molar-refractivity contribution in [2.75, 3.05) is 20.3 Å². The van der Waals surface area contributed by atoms with Crippen LogP contribution in [0.1, 0.15) is 16.7 Å². The van der Waals surface area contributed by atoms with E-state index in [2.05, 4.69) is 10.5 Å². The molecule has 1 amide bonds. The summed E-state index contributed by atoms with van der Waals surface area (Å²) in [6.45, 7) is 1.42. The topological polar surface area (TPSA) is 78.4 Å². The van der Waals surface area contributed by atoms with Gasteiger partial charge >= 0.3 is 0 Å². The number of hydrazone groups is 1. The van der Waals surface area contributed by atoms with Crippen molar-refractivity contribution in [2.24, 2.45) is 5.10 Å². The Bertz CT molecular complexity index is 1150. The van der Waals surface area contributed by atoms with Crippen molar-refractivity contribution in [3.63, 3.8) is 0 Å². The summed E-state index contributed by atoms with van der Waals surface area (Å²) < 4.78 is 22.3. The van der Waals surface area contributed by atoms with Crippen molar-refractivity contribution in [3.8, 4) is 23.0 Å². The number of benzene rings is 3. The van der Waals surface area contributed by atoms with E-state index in [0.29, 0.717) is 47.8 Å². The van der Waals surface area contributed by atoms with E-state index in [1.165, 1.54) is 0 Å². The molecule has 3 aromatic carbocycles. The molecular weight excluding hydrogens is 444 g/mol. The summed E-state index contributed by atoms with van der Waals surface area (Å²) in [6.07, 6.45) is 1.72. The van der Waals surface area contributed by atoms with E-state index in [4.69, 9.17) is 30.5 Å². The molecule has 1 aliphatic heterocycles. The van der Waals surface area contributed by atoms with Gasteiger partial charge in [-0.15, -0.1) is 0 Å². The second kappa shape index (κ2) is 10.7. The molecular formula is C25H23ClN2O5. The van der Waals surface area contributed by atoms with Crippen molar-refractivity contribution < 1.29 is 23.7 Å². The maximum Gasteiger partial charge on any atom is 0.244 e. The van der Waals surface area contributed by atoms with Crippen LogP contribution >= 0.6 is 11.6 Å². The second-order valence-electron chi connectivity index (χ2n) is 7.27. The van der Waals surface area contributed by atoms with Crippen molar-refractivity contribution in [2.45, 2.75) is 13.0 Å². The van der Waals surface area contributed by atoms with Gasteiger partial charge in [0.25, 0.3) is 0 Å². The third kappa shape index (κ3) is 6.17. The first-order valence-corrected chi connectivity index (χ1v) is 10.7. The van der Waals surface area contributed by atoms with Crippen LogP contribution in [0, 0.1) is 0 Å². The lowest BCUT2D eigenvalue weighted by Gasteiger charge is -2.18. The van der Waals surface area contributed by atoms with E-state index >= 15 is 0 Å². The largest absolute Gasteiger partial charge is 0.493 e. The minimum Gasteiger partial charge on any atom is -0.493 e. The zero-order valence-electron chi connectivity index (χ0n) is 18.0. The molecule has 0 saturated carbocycles. The van der Waals surface area contributed by atoms with Crippen LogP contribution in [0.5, 0.6) is 23.0 Å². The summed E-state index contributed by atoms with van der Waals surface area (Å²) in [7, 11) is 1.57. The van der Waals surface area contributed by atoms with Gasteiger partial charge in [0.15, 0.2) is 23.0 Å². The van der Waals surface area contributed by atoms with Crippen LogP contribution in [0.2, 0.25) is 5.02 Å². The molecule has 8 heteroatoms. The number of nitrogens with zero attached hydrogens (tertiary/aromatic N) is 1. The molecule has 1 N–H and O–H groups in total. The molecule has 4 rings (SSSR count). The summed E-state index contributed by atoms with van der Waals surface area (Å²) in [4.78, 5) is 12.2. The van der Waals surface area contributed by atoms with Gasteiger partial charge in [-0.25, -0.2) is 5.43 Å². The number of fused-ring (bicyclic) bond motifs is 1. The highest BCUT2D eigenvalue weighted by atomic mass is 35.5. The van der Waals surface area contributed by atoms with Gasteiger partial charge in [-0.3, -0.25) is 4.79 Å². The van der Waals surface area contributed by atoms with Gasteiger partial charge < -0.3 is 18.9 Å². The molecule has 0 saturated heterocycles. The molecule has 0 bridgehead atoms. The number of hydrogen-bond acceptors (Lipinski definition) is 6. The molecule has 0 unspecified atom stereocenters. The zero-order chi connectivity index (χ0) is 23.0. The molecule has 0 aromatic heterocycles. The summed E-state index contributed by atoms with van der Waals surface area (Å²) in [6, 6.07) is 18.3. The number of rotatable bonds is 8. The minimum atomic E-state index is -0.238. The Labute approximate surface area is 196 Å². The van der Waals surface area contributed by atoms with E-state index in [-0.39, 0.29) is 12.3 Å². The fourth-order valence-electron chi connectivity index (χ4n) is 3.23. The SMILES string of the molecule is COc1cc(/C=N/NC(=O)Cc2ccc3c(c2)OCCO3)ccc1OCc1ccc(Cl)cc1. The summed E-state index contributed by atoms with van der Waals surface area (Å²) in [5, 5.41) is 4.72. The normalized spacial score (nSPS) is 12.4. The quantitative estimate of drug-likeness (QED) is 0.393. The first-order valence-electron chi connectivity index (χ1n) is 10.4. The van der Waals surface area contributed by atoms with E-state index in [1.807, 2.05) is 48.5 Å². The number of amides is 1. The van der Waals surface area contributed by atoms with Crippen molar-refractivity contribution in [1.29, 1.82) is 0 Å². The van der Waals surface area contributed by atoms with Crippen molar-refractivity contribution >= 4 is 23.7 Å². The zero-order valence-corrected chi connectivity index (χ0v) is 18.8. The summed E-state index contributed by atoms with van der Waals surface area (Å²) >= 11 is 5.91. The fourth-order valence-corrected chi connectivity index (χ4v) is 3.35. The van der Waals surface area contributed by atoms with Gasteiger partial charge in [-0.1, -0.05) is 29.8 Å². The van der Waals surface area contributed by atoms with E-state index < -0.39 is 0 Å². The van der Waals surface area contributed by atoms with Crippen LogP contribution in [0.4, 0.5) is 0 Å². The number of halogens is 1. The Kier molecular flexibility index (Phi) is 7.32. The second-order valence-corrected chi connectivity index (χ2v) is 7.71. The lowest BCUT2D eigenvalue weighted by Crippen LogP contribution is -2.20. The molecule has 0 spiro atoms. The predicted molar refractivity (Wildman–Crippen MR) is 126 cm³/mol. The average Bonchev–Trinajstić information content (AvgIpc) is 2.84. The Balaban J connectivity index is 1.32. The number of carbonyl (C=O) groups excluding carboxylic acids is 1. The Hall–Kier alpha value is -3.71. The predicted octanol–water partition coefficient (Wildman–Crippen LogP) is 4.39. The molecule has 0 radical (unpaired) electrons. The first-order chi connectivity index (χ1) is 16.1. The number of ether oxygens (including phenoxy) is 4. The molecule has 1 aliphatic rings. The maximum absolute atomic E-state index is 12.2.